The van der Waals surface area contributed by atoms with Crippen LogP contribution in [0.5, 0.6) is 5.75 Å². The number of ether oxygens (including phenoxy) is 1. The number of benzene rings is 2. The quantitative estimate of drug-likeness (QED) is 0.831. The van der Waals surface area contributed by atoms with Crippen molar-refractivity contribution in [3.05, 3.63) is 60.2 Å². The fourth-order valence-electron chi connectivity index (χ4n) is 1.92. The zero-order valence-electron chi connectivity index (χ0n) is 13.3. The van der Waals surface area contributed by atoms with Gasteiger partial charge in [0.25, 0.3) is 5.91 Å². The molecular formula is C19H18N2O3. The van der Waals surface area contributed by atoms with Crippen molar-refractivity contribution in [2.75, 3.05) is 18.5 Å². The van der Waals surface area contributed by atoms with Crippen molar-refractivity contribution in [1.29, 1.82) is 0 Å². The lowest BCUT2D eigenvalue weighted by molar-refractivity contribution is -0.114. The van der Waals surface area contributed by atoms with Crippen LogP contribution in [0.2, 0.25) is 0 Å². The van der Waals surface area contributed by atoms with Crippen LogP contribution in [0.4, 0.5) is 5.69 Å². The maximum absolute atomic E-state index is 11.8. The molecule has 5 heteroatoms. The molecule has 0 bridgehead atoms. The number of rotatable bonds is 5. The van der Waals surface area contributed by atoms with Gasteiger partial charge in [-0.2, -0.15) is 0 Å². The van der Waals surface area contributed by atoms with Gasteiger partial charge < -0.3 is 15.4 Å². The van der Waals surface area contributed by atoms with Crippen LogP contribution >= 0.6 is 0 Å². The Labute approximate surface area is 141 Å². The average molecular weight is 322 g/mol. The molecule has 122 valence electrons. The van der Waals surface area contributed by atoms with Crippen LogP contribution in [0.3, 0.4) is 0 Å². The lowest BCUT2D eigenvalue weighted by Crippen LogP contribution is -2.23. The molecule has 2 rings (SSSR count). The van der Waals surface area contributed by atoms with Gasteiger partial charge in [0.2, 0.25) is 5.91 Å². The third kappa shape index (κ3) is 5.85. The van der Waals surface area contributed by atoms with Gasteiger partial charge in [-0.3, -0.25) is 9.59 Å². The first kappa shape index (κ1) is 17.1. The van der Waals surface area contributed by atoms with Gasteiger partial charge in [-0.1, -0.05) is 36.1 Å². The molecule has 0 aliphatic rings. The largest absolute Gasteiger partial charge is 0.481 e. The van der Waals surface area contributed by atoms with Gasteiger partial charge in [-0.25, -0.2) is 0 Å². The van der Waals surface area contributed by atoms with Crippen LogP contribution in [0.1, 0.15) is 17.3 Å². The summed E-state index contributed by atoms with van der Waals surface area (Å²) < 4.78 is 5.48. The third-order valence-corrected chi connectivity index (χ3v) is 2.96. The summed E-state index contributed by atoms with van der Waals surface area (Å²) in [5.41, 5.74) is 1.27. The first-order chi connectivity index (χ1) is 11.6. The molecule has 0 spiro atoms. The summed E-state index contributed by atoms with van der Waals surface area (Å²) in [5.74, 6) is 5.97. The monoisotopic (exact) mass is 322 g/mol. The maximum Gasteiger partial charge on any atom is 0.252 e. The van der Waals surface area contributed by atoms with Gasteiger partial charge in [0, 0.05) is 24.2 Å². The fourth-order valence-corrected chi connectivity index (χ4v) is 1.92. The summed E-state index contributed by atoms with van der Waals surface area (Å²) in [5, 5.41) is 5.39. The molecule has 0 saturated heterocycles. The molecule has 0 radical (unpaired) electrons. The van der Waals surface area contributed by atoms with Crippen molar-refractivity contribution in [1.82, 2.24) is 5.32 Å². The van der Waals surface area contributed by atoms with Crippen molar-refractivity contribution in [2.24, 2.45) is 0 Å². The predicted octanol–water partition coefficient (Wildman–Crippen LogP) is 2.46. The number of carbonyl (C=O) groups is 2. The highest BCUT2D eigenvalue weighted by molar-refractivity contribution is 5.94. The Morgan fingerprint density at radius 3 is 2.58 bits per heavy atom. The summed E-state index contributed by atoms with van der Waals surface area (Å²) in [7, 11) is 0. The standard InChI is InChI=1S/C19H18N2O3/c1-15(22)21-17-10-7-11-18(14-17)24-13-6-5-12-20-19(23)16-8-3-2-4-9-16/h2-4,7-11,14H,12-13H2,1H3,(H,20,23)(H,21,22). The molecule has 0 aromatic heterocycles. The van der Waals surface area contributed by atoms with Crippen LogP contribution in [-0.2, 0) is 4.79 Å². The van der Waals surface area contributed by atoms with E-state index in [-0.39, 0.29) is 25.0 Å². The van der Waals surface area contributed by atoms with E-state index in [1.165, 1.54) is 6.92 Å². The summed E-state index contributed by atoms with van der Waals surface area (Å²) in [6.45, 7) is 1.90. The molecule has 0 saturated carbocycles. The highest BCUT2D eigenvalue weighted by Crippen LogP contribution is 2.16. The van der Waals surface area contributed by atoms with Gasteiger partial charge >= 0.3 is 0 Å². The number of amides is 2. The Kier molecular flexibility index (Phi) is 6.42. The second-order valence-electron chi connectivity index (χ2n) is 4.90. The second kappa shape index (κ2) is 9.01. The molecule has 0 aliphatic heterocycles. The summed E-state index contributed by atoms with van der Waals surface area (Å²) >= 11 is 0. The lowest BCUT2D eigenvalue weighted by atomic mass is 10.2. The van der Waals surface area contributed by atoms with Crippen LogP contribution < -0.4 is 15.4 Å². The van der Waals surface area contributed by atoms with E-state index in [4.69, 9.17) is 4.74 Å². The third-order valence-electron chi connectivity index (χ3n) is 2.96. The van der Waals surface area contributed by atoms with Crippen molar-refractivity contribution in [3.8, 4) is 17.6 Å². The Bertz CT molecular complexity index is 761. The van der Waals surface area contributed by atoms with Gasteiger partial charge in [0.1, 0.15) is 12.4 Å². The van der Waals surface area contributed by atoms with Gasteiger partial charge in [-0.05, 0) is 24.3 Å². The molecule has 5 nitrogen and oxygen atoms in total. The molecule has 2 aromatic carbocycles. The molecule has 2 N–H and O–H groups in total. The van der Waals surface area contributed by atoms with Crippen LogP contribution in [0.25, 0.3) is 0 Å². The Balaban J connectivity index is 1.74. The second-order valence-corrected chi connectivity index (χ2v) is 4.90. The van der Waals surface area contributed by atoms with Crippen LogP contribution in [0.15, 0.2) is 54.6 Å². The molecular weight excluding hydrogens is 304 g/mol. The predicted molar refractivity (Wildman–Crippen MR) is 92.8 cm³/mol. The first-order valence-corrected chi connectivity index (χ1v) is 7.44. The van der Waals surface area contributed by atoms with E-state index in [1.807, 2.05) is 18.2 Å². The minimum absolute atomic E-state index is 0.138. The number of hydrogen-bond donors (Lipinski definition) is 2. The zero-order chi connectivity index (χ0) is 17.2. The first-order valence-electron chi connectivity index (χ1n) is 7.44. The summed E-state index contributed by atoms with van der Waals surface area (Å²) in [4.78, 5) is 22.8. The van der Waals surface area contributed by atoms with E-state index in [1.54, 1.807) is 36.4 Å². The minimum Gasteiger partial charge on any atom is -0.481 e. The molecule has 0 atom stereocenters. The molecule has 0 fully saturated rings. The van der Waals surface area contributed by atoms with Crippen molar-refractivity contribution >= 4 is 17.5 Å². The maximum atomic E-state index is 11.8. The minimum atomic E-state index is -0.158. The number of nitrogens with one attached hydrogen (secondary N) is 2. The topological polar surface area (TPSA) is 67.4 Å². The Morgan fingerprint density at radius 2 is 1.83 bits per heavy atom. The van der Waals surface area contributed by atoms with Crippen LogP contribution in [0, 0.1) is 11.8 Å². The Hall–Kier alpha value is -3.26. The molecule has 0 aliphatic carbocycles. The lowest BCUT2D eigenvalue weighted by Gasteiger charge is -2.05. The van der Waals surface area contributed by atoms with Crippen molar-refractivity contribution in [2.45, 2.75) is 6.92 Å². The van der Waals surface area contributed by atoms with Crippen molar-refractivity contribution < 1.29 is 14.3 Å². The highest BCUT2D eigenvalue weighted by Gasteiger charge is 2.01. The summed E-state index contributed by atoms with van der Waals surface area (Å²) in [6.07, 6.45) is 0. The summed E-state index contributed by atoms with van der Waals surface area (Å²) in [6, 6.07) is 16.0. The normalized spacial score (nSPS) is 9.38. The van der Waals surface area contributed by atoms with Gasteiger partial charge in [-0.15, -0.1) is 0 Å². The van der Waals surface area contributed by atoms with E-state index in [0.29, 0.717) is 17.0 Å². The molecule has 24 heavy (non-hydrogen) atoms. The SMILES string of the molecule is CC(=O)Nc1cccc(OCC#CCNC(=O)c2ccccc2)c1. The molecule has 2 amide bonds. The van der Waals surface area contributed by atoms with E-state index in [0.717, 1.165) is 0 Å². The molecule has 0 unspecified atom stereocenters. The molecule has 2 aromatic rings. The average Bonchev–Trinajstić information content (AvgIpc) is 2.58. The van der Waals surface area contributed by atoms with Crippen molar-refractivity contribution in [3.63, 3.8) is 0 Å². The highest BCUT2D eigenvalue weighted by atomic mass is 16.5. The fraction of sp³-hybridized carbons (Fsp3) is 0.158. The smallest absolute Gasteiger partial charge is 0.252 e. The van der Waals surface area contributed by atoms with Gasteiger partial charge in [0.05, 0.1) is 6.54 Å². The number of anilines is 1. The number of hydrogen-bond acceptors (Lipinski definition) is 3. The zero-order valence-corrected chi connectivity index (χ0v) is 13.3. The van der Waals surface area contributed by atoms with E-state index >= 15 is 0 Å². The van der Waals surface area contributed by atoms with E-state index in [9.17, 15) is 9.59 Å². The Morgan fingerprint density at radius 1 is 1.04 bits per heavy atom. The molecule has 0 heterocycles. The van der Waals surface area contributed by atoms with Crippen LogP contribution in [-0.4, -0.2) is 25.0 Å². The van der Waals surface area contributed by atoms with E-state index < -0.39 is 0 Å². The number of carbonyl (C=O) groups excluding carboxylic acids is 2. The van der Waals surface area contributed by atoms with Gasteiger partial charge in [0.15, 0.2) is 0 Å². The van der Waals surface area contributed by atoms with E-state index in [2.05, 4.69) is 22.5 Å².